The lowest BCUT2D eigenvalue weighted by Crippen LogP contribution is -2.43. The summed E-state index contributed by atoms with van der Waals surface area (Å²) in [6.45, 7) is 3.91. The molecule has 5 heteroatoms. The van der Waals surface area contributed by atoms with Crippen LogP contribution in [0.15, 0.2) is 18.2 Å². The zero-order valence-corrected chi connectivity index (χ0v) is 12.8. The molecule has 0 heterocycles. The molecule has 0 bridgehead atoms. The van der Waals surface area contributed by atoms with Gasteiger partial charge in [0.15, 0.2) is 0 Å². The summed E-state index contributed by atoms with van der Waals surface area (Å²) in [6.07, 6.45) is 0.698. The van der Waals surface area contributed by atoms with E-state index >= 15 is 0 Å². The number of halogens is 1. The third-order valence-electron chi connectivity index (χ3n) is 2.49. The van der Waals surface area contributed by atoms with Crippen molar-refractivity contribution in [2.24, 2.45) is 5.73 Å². The SMILES string of the molecule is CCC(NC(=O)c1cccc(C)c1I)C(N)=S. The van der Waals surface area contributed by atoms with Crippen molar-refractivity contribution in [3.63, 3.8) is 0 Å². The zero-order valence-electron chi connectivity index (χ0n) is 9.79. The Kier molecular flexibility index (Phi) is 5.32. The Morgan fingerprint density at radius 2 is 2.24 bits per heavy atom. The third-order valence-corrected chi connectivity index (χ3v) is 4.21. The topological polar surface area (TPSA) is 55.1 Å². The molecule has 0 saturated carbocycles. The molecule has 0 aliphatic carbocycles. The second kappa shape index (κ2) is 6.30. The first kappa shape index (κ1) is 14.4. The fourth-order valence-corrected chi connectivity index (χ4v) is 2.26. The number of nitrogens with one attached hydrogen (secondary N) is 1. The number of amides is 1. The molecule has 0 saturated heterocycles. The average Bonchev–Trinajstić information content (AvgIpc) is 2.28. The van der Waals surface area contributed by atoms with Crippen molar-refractivity contribution in [1.82, 2.24) is 5.32 Å². The molecule has 17 heavy (non-hydrogen) atoms. The summed E-state index contributed by atoms with van der Waals surface area (Å²) in [6, 6.07) is 5.40. The first-order valence-corrected chi connectivity index (χ1v) is 6.81. The molecule has 0 aliphatic rings. The van der Waals surface area contributed by atoms with Gasteiger partial charge in [0.25, 0.3) is 5.91 Å². The van der Waals surface area contributed by atoms with Crippen molar-refractivity contribution < 1.29 is 4.79 Å². The molecule has 0 spiro atoms. The Morgan fingerprint density at radius 3 is 2.76 bits per heavy atom. The number of hydrogen-bond acceptors (Lipinski definition) is 2. The first-order valence-electron chi connectivity index (χ1n) is 5.32. The van der Waals surface area contributed by atoms with Crippen molar-refractivity contribution in [2.75, 3.05) is 0 Å². The van der Waals surface area contributed by atoms with Gasteiger partial charge in [0.1, 0.15) is 0 Å². The summed E-state index contributed by atoms with van der Waals surface area (Å²) in [5, 5.41) is 2.84. The van der Waals surface area contributed by atoms with E-state index in [4.69, 9.17) is 18.0 Å². The number of rotatable bonds is 4. The van der Waals surface area contributed by atoms with Crippen LogP contribution >= 0.6 is 34.8 Å². The highest BCUT2D eigenvalue weighted by Gasteiger charge is 2.16. The summed E-state index contributed by atoms with van der Waals surface area (Å²) in [4.78, 5) is 12.4. The van der Waals surface area contributed by atoms with Crippen LogP contribution in [0.3, 0.4) is 0 Å². The lowest BCUT2D eigenvalue weighted by Gasteiger charge is -2.16. The normalized spacial score (nSPS) is 11.9. The van der Waals surface area contributed by atoms with E-state index in [2.05, 4.69) is 27.9 Å². The lowest BCUT2D eigenvalue weighted by atomic mass is 10.1. The van der Waals surface area contributed by atoms with E-state index in [0.717, 1.165) is 9.13 Å². The van der Waals surface area contributed by atoms with Crippen LogP contribution in [0.1, 0.15) is 29.3 Å². The third kappa shape index (κ3) is 3.64. The van der Waals surface area contributed by atoms with Gasteiger partial charge in [0.2, 0.25) is 0 Å². The minimum atomic E-state index is -0.242. The highest BCUT2D eigenvalue weighted by atomic mass is 127. The highest BCUT2D eigenvalue weighted by Crippen LogP contribution is 2.16. The van der Waals surface area contributed by atoms with Gasteiger partial charge in [0, 0.05) is 3.57 Å². The van der Waals surface area contributed by atoms with E-state index in [1.807, 2.05) is 26.0 Å². The molecule has 1 atom stereocenters. The Labute approximate surface area is 120 Å². The van der Waals surface area contributed by atoms with Gasteiger partial charge < -0.3 is 11.1 Å². The summed E-state index contributed by atoms with van der Waals surface area (Å²) in [5.74, 6) is -0.127. The quantitative estimate of drug-likeness (QED) is 0.639. The molecule has 0 radical (unpaired) electrons. The van der Waals surface area contributed by atoms with Crippen LogP contribution < -0.4 is 11.1 Å². The summed E-state index contributed by atoms with van der Waals surface area (Å²) >= 11 is 7.08. The van der Waals surface area contributed by atoms with Gasteiger partial charge in [-0.05, 0) is 47.6 Å². The average molecular weight is 362 g/mol. The van der Waals surface area contributed by atoms with Crippen LogP contribution in [0, 0.1) is 10.5 Å². The highest BCUT2D eigenvalue weighted by molar-refractivity contribution is 14.1. The molecule has 1 amide bonds. The van der Waals surface area contributed by atoms with Crippen LogP contribution in [-0.2, 0) is 0 Å². The van der Waals surface area contributed by atoms with Crippen LogP contribution in [0.4, 0.5) is 0 Å². The number of carbonyl (C=O) groups is 1. The van der Waals surface area contributed by atoms with Crippen molar-refractivity contribution in [1.29, 1.82) is 0 Å². The molecule has 0 aromatic heterocycles. The molecule has 1 aromatic rings. The van der Waals surface area contributed by atoms with Crippen LogP contribution in [0.2, 0.25) is 0 Å². The molecule has 0 aliphatic heterocycles. The molecule has 3 nitrogen and oxygen atoms in total. The maximum absolute atomic E-state index is 12.1. The molecule has 1 aromatic carbocycles. The van der Waals surface area contributed by atoms with Crippen molar-refractivity contribution >= 4 is 45.7 Å². The van der Waals surface area contributed by atoms with E-state index < -0.39 is 0 Å². The van der Waals surface area contributed by atoms with Gasteiger partial charge in [-0.1, -0.05) is 31.3 Å². The second-order valence-corrected chi connectivity index (χ2v) is 5.32. The number of hydrogen-bond donors (Lipinski definition) is 2. The van der Waals surface area contributed by atoms with Crippen molar-refractivity contribution in [3.05, 3.63) is 32.9 Å². The van der Waals surface area contributed by atoms with E-state index in [9.17, 15) is 4.79 Å². The predicted octanol–water partition coefficient (Wildman–Crippen LogP) is 2.39. The van der Waals surface area contributed by atoms with Crippen LogP contribution in [0.5, 0.6) is 0 Å². The molecule has 1 rings (SSSR count). The van der Waals surface area contributed by atoms with Gasteiger partial charge in [0.05, 0.1) is 16.6 Å². The van der Waals surface area contributed by atoms with Crippen molar-refractivity contribution in [2.45, 2.75) is 26.3 Å². The number of nitrogens with two attached hydrogens (primary N) is 1. The largest absolute Gasteiger partial charge is 0.392 e. The monoisotopic (exact) mass is 362 g/mol. The fraction of sp³-hybridized carbons (Fsp3) is 0.333. The minimum absolute atomic E-state index is 0.127. The standard InChI is InChI=1S/C12H15IN2OS/c1-3-9(11(14)17)15-12(16)8-6-4-5-7(2)10(8)13/h4-6,9H,3H2,1-2H3,(H2,14,17)(H,15,16). The Bertz CT molecular complexity index is 448. The summed E-state index contributed by atoms with van der Waals surface area (Å²) in [5.41, 5.74) is 7.31. The first-order chi connectivity index (χ1) is 7.97. The van der Waals surface area contributed by atoms with E-state index in [1.54, 1.807) is 6.07 Å². The van der Waals surface area contributed by atoms with Gasteiger partial charge >= 0.3 is 0 Å². The van der Waals surface area contributed by atoms with Gasteiger partial charge in [-0.3, -0.25) is 4.79 Å². The van der Waals surface area contributed by atoms with Crippen LogP contribution in [0.25, 0.3) is 0 Å². The second-order valence-electron chi connectivity index (χ2n) is 3.77. The molecular formula is C12H15IN2OS. The zero-order chi connectivity index (χ0) is 13.0. The van der Waals surface area contributed by atoms with E-state index in [-0.39, 0.29) is 11.9 Å². The van der Waals surface area contributed by atoms with E-state index in [0.29, 0.717) is 17.0 Å². The molecular weight excluding hydrogens is 347 g/mol. The van der Waals surface area contributed by atoms with Gasteiger partial charge in [-0.25, -0.2) is 0 Å². The number of aryl methyl sites for hydroxylation is 1. The Hall–Kier alpha value is -0.690. The van der Waals surface area contributed by atoms with E-state index in [1.165, 1.54) is 0 Å². The maximum atomic E-state index is 12.1. The van der Waals surface area contributed by atoms with Crippen LogP contribution in [-0.4, -0.2) is 16.9 Å². The number of thiocarbonyl (C=S) groups is 1. The summed E-state index contributed by atoms with van der Waals surface area (Å²) < 4.78 is 0.959. The maximum Gasteiger partial charge on any atom is 0.252 e. The number of benzene rings is 1. The summed E-state index contributed by atoms with van der Waals surface area (Å²) in [7, 11) is 0. The number of carbonyl (C=O) groups excluding carboxylic acids is 1. The van der Waals surface area contributed by atoms with Crippen molar-refractivity contribution in [3.8, 4) is 0 Å². The molecule has 0 fully saturated rings. The predicted molar refractivity (Wildman–Crippen MR) is 82.2 cm³/mol. The minimum Gasteiger partial charge on any atom is -0.392 e. The Morgan fingerprint density at radius 1 is 1.59 bits per heavy atom. The molecule has 92 valence electrons. The molecule has 1 unspecified atom stereocenters. The lowest BCUT2D eigenvalue weighted by molar-refractivity contribution is 0.0945. The molecule has 3 N–H and O–H groups in total. The van der Waals surface area contributed by atoms with Gasteiger partial charge in [-0.2, -0.15) is 0 Å². The fourth-order valence-electron chi connectivity index (χ4n) is 1.43. The van der Waals surface area contributed by atoms with Gasteiger partial charge in [-0.15, -0.1) is 0 Å². The smallest absolute Gasteiger partial charge is 0.252 e. The Balaban J connectivity index is 2.90.